The van der Waals surface area contributed by atoms with E-state index >= 15 is 0 Å². The van der Waals surface area contributed by atoms with Gasteiger partial charge in [-0.2, -0.15) is 0 Å². The molecule has 3 rings (SSSR count). The molecule has 7 nitrogen and oxygen atoms in total. The Labute approximate surface area is 196 Å². The van der Waals surface area contributed by atoms with Gasteiger partial charge in [-0.3, -0.25) is 14.5 Å². The number of hydrogen-bond acceptors (Lipinski definition) is 5. The molecule has 1 radical (unpaired) electrons. The first kappa shape index (κ1) is 24.7. The van der Waals surface area contributed by atoms with E-state index in [1.165, 1.54) is 6.42 Å². The van der Waals surface area contributed by atoms with Gasteiger partial charge >= 0.3 is 0 Å². The van der Waals surface area contributed by atoms with Crippen LogP contribution in [0.4, 0.5) is 0 Å². The molecule has 3 N–H and O–H groups in total. The number of carbonyl (C=O) groups excluding carboxylic acids is 2. The molecule has 1 heterocycles. The first-order chi connectivity index (χ1) is 16.0. The van der Waals surface area contributed by atoms with Gasteiger partial charge in [0.1, 0.15) is 12.4 Å². The lowest BCUT2D eigenvalue weighted by molar-refractivity contribution is -0.121. The number of nitrogens with two attached hydrogens (primary N) is 1. The monoisotopic (exact) mass is 452 g/mol. The van der Waals surface area contributed by atoms with Crippen LogP contribution in [0.25, 0.3) is 0 Å². The summed E-state index contributed by atoms with van der Waals surface area (Å²) in [7, 11) is 0. The molecule has 1 fully saturated rings. The Morgan fingerprint density at radius 1 is 1.09 bits per heavy atom. The zero-order valence-electron chi connectivity index (χ0n) is 19.2. The number of ether oxygens (including phenoxy) is 2. The molecule has 33 heavy (non-hydrogen) atoms. The van der Waals surface area contributed by atoms with Gasteiger partial charge in [0.25, 0.3) is 0 Å². The molecule has 0 aliphatic carbocycles. The van der Waals surface area contributed by atoms with Gasteiger partial charge in [0, 0.05) is 31.6 Å². The first-order valence-electron chi connectivity index (χ1n) is 11.5. The molecule has 0 spiro atoms. The van der Waals surface area contributed by atoms with Crippen LogP contribution in [0, 0.1) is 12.3 Å². The van der Waals surface area contributed by atoms with Crippen molar-refractivity contribution in [3.8, 4) is 5.75 Å². The summed E-state index contributed by atoms with van der Waals surface area (Å²) in [5.74, 6) is -0.135. The van der Waals surface area contributed by atoms with Crippen LogP contribution >= 0.6 is 0 Å². The fourth-order valence-electron chi connectivity index (χ4n) is 3.66. The maximum absolute atomic E-state index is 12.5. The molecule has 1 aliphatic rings. The fourth-order valence-corrected chi connectivity index (χ4v) is 3.66. The SMILES string of the molecule is CC(C[CH]C(=O)NC(Cc1ccc(OCc2ccccc2)cc1)CN1CCOCC1)C(N)=O. The Kier molecular flexibility index (Phi) is 9.72. The number of rotatable bonds is 12. The second-order valence-electron chi connectivity index (χ2n) is 8.48. The van der Waals surface area contributed by atoms with Gasteiger partial charge in [-0.1, -0.05) is 49.4 Å². The molecular formula is C26H34N3O4. The van der Waals surface area contributed by atoms with Crippen molar-refractivity contribution < 1.29 is 19.1 Å². The van der Waals surface area contributed by atoms with Gasteiger partial charge in [0.05, 0.1) is 19.6 Å². The van der Waals surface area contributed by atoms with E-state index in [1.807, 2.05) is 54.6 Å². The Morgan fingerprint density at radius 2 is 1.79 bits per heavy atom. The quantitative estimate of drug-likeness (QED) is 0.516. The lowest BCUT2D eigenvalue weighted by atomic mass is 10.0. The Hall–Kier alpha value is -2.90. The van der Waals surface area contributed by atoms with E-state index in [0.717, 1.165) is 36.5 Å². The standard InChI is InChI=1S/C26H34N3O4/c1-20(26(27)31)7-12-25(30)28-23(18-29-13-15-32-16-14-29)17-21-8-10-24(11-9-21)33-19-22-5-3-2-4-6-22/h2-6,8-12,20,23H,7,13-19H2,1H3,(H2,27,31)(H,28,30). The summed E-state index contributed by atoms with van der Waals surface area (Å²) in [6.07, 6.45) is 2.54. The highest BCUT2D eigenvalue weighted by Crippen LogP contribution is 2.16. The molecule has 7 heteroatoms. The lowest BCUT2D eigenvalue weighted by Crippen LogP contribution is -2.48. The van der Waals surface area contributed by atoms with Crippen LogP contribution in [0.15, 0.2) is 54.6 Å². The summed E-state index contributed by atoms with van der Waals surface area (Å²) in [6.45, 7) is 6.09. The van der Waals surface area contributed by atoms with Crippen LogP contribution in [0.5, 0.6) is 5.75 Å². The van der Waals surface area contributed by atoms with Crippen molar-refractivity contribution in [2.45, 2.75) is 32.4 Å². The van der Waals surface area contributed by atoms with E-state index in [1.54, 1.807) is 6.92 Å². The maximum atomic E-state index is 12.5. The van der Waals surface area contributed by atoms with Crippen LogP contribution in [0.1, 0.15) is 24.5 Å². The van der Waals surface area contributed by atoms with E-state index < -0.39 is 5.91 Å². The molecule has 0 aromatic heterocycles. The van der Waals surface area contributed by atoms with E-state index in [2.05, 4.69) is 10.2 Å². The number of nitrogens with one attached hydrogen (secondary N) is 1. The third kappa shape index (κ3) is 8.86. The predicted molar refractivity (Wildman–Crippen MR) is 127 cm³/mol. The van der Waals surface area contributed by atoms with E-state index in [-0.39, 0.29) is 17.9 Å². The zero-order valence-corrected chi connectivity index (χ0v) is 19.2. The number of nitrogens with zero attached hydrogens (tertiary/aromatic N) is 1. The molecule has 2 aromatic rings. The largest absolute Gasteiger partial charge is 0.489 e. The minimum atomic E-state index is -0.404. The number of carbonyl (C=O) groups is 2. The molecule has 2 aromatic carbocycles. The Bertz CT molecular complexity index is 867. The maximum Gasteiger partial charge on any atom is 0.224 e. The first-order valence-corrected chi connectivity index (χ1v) is 11.5. The average molecular weight is 453 g/mol. The summed E-state index contributed by atoms with van der Waals surface area (Å²) in [5.41, 5.74) is 7.54. The highest BCUT2D eigenvalue weighted by Gasteiger charge is 2.20. The topological polar surface area (TPSA) is 93.9 Å². The summed E-state index contributed by atoms with van der Waals surface area (Å²) < 4.78 is 11.3. The van der Waals surface area contributed by atoms with Crippen LogP contribution in [0.2, 0.25) is 0 Å². The molecule has 1 aliphatic heterocycles. The van der Waals surface area contributed by atoms with Gasteiger partial charge in [-0.25, -0.2) is 0 Å². The summed E-state index contributed by atoms with van der Waals surface area (Å²) >= 11 is 0. The predicted octanol–water partition coefficient (Wildman–Crippen LogP) is 2.34. The van der Waals surface area contributed by atoms with E-state index in [4.69, 9.17) is 15.2 Å². The fraction of sp³-hybridized carbons (Fsp3) is 0.423. The normalized spacial score (nSPS) is 16.0. The number of hydrogen-bond donors (Lipinski definition) is 2. The molecule has 177 valence electrons. The molecule has 1 saturated heterocycles. The van der Waals surface area contributed by atoms with Crippen molar-refractivity contribution in [3.63, 3.8) is 0 Å². The van der Waals surface area contributed by atoms with Crippen molar-refractivity contribution in [1.82, 2.24) is 10.2 Å². The summed E-state index contributed by atoms with van der Waals surface area (Å²) in [5, 5.41) is 3.11. The van der Waals surface area contributed by atoms with Crippen LogP contribution in [0.3, 0.4) is 0 Å². The van der Waals surface area contributed by atoms with Gasteiger partial charge in [0.15, 0.2) is 0 Å². The summed E-state index contributed by atoms with van der Waals surface area (Å²) in [6, 6.07) is 18.0. The van der Waals surface area contributed by atoms with Crippen molar-refractivity contribution in [2.75, 3.05) is 32.8 Å². The molecule has 0 bridgehead atoms. The highest BCUT2D eigenvalue weighted by atomic mass is 16.5. The average Bonchev–Trinajstić information content (AvgIpc) is 2.83. The van der Waals surface area contributed by atoms with E-state index in [0.29, 0.717) is 32.7 Å². The number of amides is 2. The minimum absolute atomic E-state index is 0.0631. The number of morpholine rings is 1. The van der Waals surface area contributed by atoms with Gasteiger partial charge in [0.2, 0.25) is 11.8 Å². The Morgan fingerprint density at radius 3 is 2.45 bits per heavy atom. The molecule has 0 saturated carbocycles. The summed E-state index contributed by atoms with van der Waals surface area (Å²) in [4.78, 5) is 26.0. The van der Waals surface area contributed by atoms with Gasteiger partial charge < -0.3 is 20.5 Å². The Balaban J connectivity index is 1.55. The number of benzene rings is 2. The molecule has 2 amide bonds. The second-order valence-corrected chi connectivity index (χ2v) is 8.48. The van der Waals surface area contributed by atoms with Crippen molar-refractivity contribution >= 4 is 11.8 Å². The van der Waals surface area contributed by atoms with E-state index in [9.17, 15) is 9.59 Å². The van der Waals surface area contributed by atoms with Gasteiger partial charge in [-0.05, 0) is 36.1 Å². The van der Waals surface area contributed by atoms with Crippen molar-refractivity contribution in [3.05, 3.63) is 72.1 Å². The van der Waals surface area contributed by atoms with Crippen LogP contribution in [-0.4, -0.2) is 55.6 Å². The smallest absolute Gasteiger partial charge is 0.224 e. The number of primary amides is 1. The second kappa shape index (κ2) is 13.0. The lowest BCUT2D eigenvalue weighted by Gasteiger charge is -2.31. The third-order valence-corrected chi connectivity index (χ3v) is 5.72. The highest BCUT2D eigenvalue weighted by molar-refractivity contribution is 5.86. The molecule has 2 unspecified atom stereocenters. The van der Waals surface area contributed by atoms with Crippen molar-refractivity contribution in [1.29, 1.82) is 0 Å². The van der Waals surface area contributed by atoms with Gasteiger partial charge in [-0.15, -0.1) is 0 Å². The third-order valence-electron chi connectivity index (χ3n) is 5.72. The van der Waals surface area contributed by atoms with Crippen LogP contribution < -0.4 is 15.8 Å². The van der Waals surface area contributed by atoms with Crippen molar-refractivity contribution in [2.24, 2.45) is 11.7 Å². The van der Waals surface area contributed by atoms with Crippen LogP contribution in [-0.2, 0) is 27.4 Å². The molecular weight excluding hydrogens is 418 g/mol. The molecule has 2 atom stereocenters. The minimum Gasteiger partial charge on any atom is -0.489 e. The zero-order chi connectivity index (χ0) is 23.5.